The van der Waals surface area contributed by atoms with Crippen molar-refractivity contribution in [2.24, 2.45) is 0 Å². The van der Waals surface area contributed by atoms with Crippen LogP contribution in [0.15, 0.2) is 17.2 Å². The first kappa shape index (κ1) is 11.3. The van der Waals surface area contributed by atoms with E-state index in [0.29, 0.717) is 5.88 Å². The van der Waals surface area contributed by atoms with Gasteiger partial charge in [0.05, 0.1) is 5.88 Å². The zero-order valence-corrected chi connectivity index (χ0v) is 10.6. The molecule has 0 amide bonds. The van der Waals surface area contributed by atoms with E-state index in [2.05, 4.69) is 11.1 Å². The van der Waals surface area contributed by atoms with Gasteiger partial charge < -0.3 is 0 Å². The van der Waals surface area contributed by atoms with E-state index in [-0.39, 0.29) is 0 Å². The summed E-state index contributed by atoms with van der Waals surface area (Å²) in [6, 6.07) is 4.14. The van der Waals surface area contributed by atoms with E-state index >= 15 is 0 Å². The highest BCUT2D eigenvalue weighted by molar-refractivity contribution is 7.99. The van der Waals surface area contributed by atoms with Gasteiger partial charge in [0, 0.05) is 10.9 Å². The number of thioether (sulfide) groups is 1. The van der Waals surface area contributed by atoms with Gasteiger partial charge in [-0.25, -0.2) is 4.98 Å². The molecule has 1 saturated carbocycles. The summed E-state index contributed by atoms with van der Waals surface area (Å²) in [4.78, 5) is 4.59. The minimum atomic E-state index is 0.572. The lowest BCUT2D eigenvalue weighted by Gasteiger charge is -2.11. The molecule has 1 aliphatic rings. The molecule has 3 heteroatoms. The minimum absolute atomic E-state index is 0.572. The molecule has 1 aliphatic carbocycles. The number of hydrogen-bond acceptors (Lipinski definition) is 2. The van der Waals surface area contributed by atoms with Crippen molar-refractivity contribution < 1.29 is 0 Å². The fourth-order valence-corrected chi connectivity index (χ4v) is 3.60. The van der Waals surface area contributed by atoms with E-state index in [1.165, 1.54) is 31.2 Å². The summed E-state index contributed by atoms with van der Waals surface area (Å²) in [6.07, 6.45) is 5.42. The quantitative estimate of drug-likeness (QED) is 0.737. The zero-order chi connectivity index (χ0) is 10.7. The van der Waals surface area contributed by atoms with Gasteiger partial charge >= 0.3 is 0 Å². The first-order chi connectivity index (χ1) is 7.29. The number of alkyl halides is 1. The minimum Gasteiger partial charge on any atom is -0.246 e. The Morgan fingerprint density at radius 3 is 2.80 bits per heavy atom. The second-order valence-electron chi connectivity index (χ2n) is 4.07. The first-order valence-electron chi connectivity index (χ1n) is 5.49. The summed E-state index contributed by atoms with van der Waals surface area (Å²) in [5, 5.41) is 1.91. The van der Waals surface area contributed by atoms with E-state index in [1.807, 2.05) is 24.8 Å². The number of aromatic nitrogens is 1. The molecular weight excluding hydrogens is 226 g/mol. The Labute approximate surface area is 101 Å². The van der Waals surface area contributed by atoms with Gasteiger partial charge in [-0.1, -0.05) is 18.9 Å². The van der Waals surface area contributed by atoms with E-state index < -0.39 is 0 Å². The van der Waals surface area contributed by atoms with E-state index in [9.17, 15) is 0 Å². The molecule has 1 aromatic rings. The third-order valence-corrected chi connectivity index (χ3v) is 4.47. The lowest BCUT2D eigenvalue weighted by molar-refractivity contribution is 0.886. The molecule has 0 N–H and O–H groups in total. The Balaban J connectivity index is 2.14. The number of nitrogens with zero attached hydrogens (tertiary/aromatic N) is 1. The van der Waals surface area contributed by atoms with E-state index in [4.69, 9.17) is 11.6 Å². The largest absolute Gasteiger partial charge is 0.246 e. The molecule has 15 heavy (non-hydrogen) atoms. The molecule has 1 fully saturated rings. The van der Waals surface area contributed by atoms with Crippen molar-refractivity contribution in [1.29, 1.82) is 0 Å². The number of rotatable bonds is 3. The molecule has 82 valence electrons. The van der Waals surface area contributed by atoms with Crippen molar-refractivity contribution in [3.63, 3.8) is 0 Å². The van der Waals surface area contributed by atoms with Crippen LogP contribution in [0.4, 0.5) is 0 Å². The van der Waals surface area contributed by atoms with Gasteiger partial charge in [-0.15, -0.1) is 23.4 Å². The smallest absolute Gasteiger partial charge is 0.101 e. The van der Waals surface area contributed by atoms with Crippen molar-refractivity contribution in [3.8, 4) is 0 Å². The van der Waals surface area contributed by atoms with Crippen molar-refractivity contribution in [3.05, 3.63) is 23.4 Å². The van der Waals surface area contributed by atoms with Crippen LogP contribution in [0.25, 0.3) is 0 Å². The van der Waals surface area contributed by atoms with Gasteiger partial charge in [-0.3, -0.25) is 0 Å². The summed E-state index contributed by atoms with van der Waals surface area (Å²) < 4.78 is 0. The summed E-state index contributed by atoms with van der Waals surface area (Å²) in [5.41, 5.74) is 2.27. The molecule has 2 rings (SSSR count). The fraction of sp³-hybridized carbons (Fsp3) is 0.583. The van der Waals surface area contributed by atoms with E-state index in [1.54, 1.807) is 0 Å². The SMILES string of the molecule is Cc1ccc(CCl)c(SC2CCCC2)n1. The highest BCUT2D eigenvalue weighted by atomic mass is 35.5. The summed E-state index contributed by atoms with van der Waals surface area (Å²) >= 11 is 7.84. The van der Waals surface area contributed by atoms with Crippen LogP contribution in [0.5, 0.6) is 0 Å². The first-order valence-corrected chi connectivity index (χ1v) is 6.90. The average Bonchev–Trinajstić information content (AvgIpc) is 2.71. The molecule has 1 heterocycles. The Hall–Kier alpha value is -0.210. The van der Waals surface area contributed by atoms with E-state index in [0.717, 1.165) is 16.0 Å². The van der Waals surface area contributed by atoms with Gasteiger partial charge in [0.25, 0.3) is 0 Å². The predicted octanol–water partition coefficient (Wildman–Crippen LogP) is 4.16. The monoisotopic (exact) mass is 241 g/mol. The number of aryl methyl sites for hydroxylation is 1. The second-order valence-corrected chi connectivity index (χ2v) is 5.63. The molecular formula is C12H16ClNS. The maximum atomic E-state index is 5.92. The Bertz CT molecular complexity index is 334. The molecule has 0 bridgehead atoms. The highest BCUT2D eigenvalue weighted by Crippen LogP contribution is 2.35. The van der Waals surface area contributed by atoms with Crippen LogP contribution in [-0.4, -0.2) is 10.2 Å². The molecule has 0 unspecified atom stereocenters. The van der Waals surface area contributed by atoms with Crippen LogP contribution in [0.1, 0.15) is 36.9 Å². The van der Waals surface area contributed by atoms with Crippen molar-refractivity contribution in [2.75, 3.05) is 0 Å². The molecule has 0 atom stereocenters. The second kappa shape index (κ2) is 5.22. The highest BCUT2D eigenvalue weighted by Gasteiger charge is 2.18. The molecule has 1 aromatic heterocycles. The number of pyridine rings is 1. The average molecular weight is 242 g/mol. The third kappa shape index (κ3) is 2.88. The summed E-state index contributed by atoms with van der Waals surface area (Å²) in [6.45, 7) is 2.04. The van der Waals surface area contributed by atoms with Gasteiger partial charge in [0.1, 0.15) is 5.03 Å². The zero-order valence-electron chi connectivity index (χ0n) is 9.00. The molecule has 1 nitrogen and oxygen atoms in total. The molecule has 0 aliphatic heterocycles. The van der Waals surface area contributed by atoms with Gasteiger partial charge in [0.15, 0.2) is 0 Å². The van der Waals surface area contributed by atoms with Crippen LogP contribution in [0, 0.1) is 6.92 Å². The van der Waals surface area contributed by atoms with Crippen LogP contribution in [0.2, 0.25) is 0 Å². The van der Waals surface area contributed by atoms with Crippen molar-refractivity contribution in [1.82, 2.24) is 4.98 Å². The maximum Gasteiger partial charge on any atom is 0.101 e. The van der Waals surface area contributed by atoms with Crippen LogP contribution >= 0.6 is 23.4 Å². The summed E-state index contributed by atoms with van der Waals surface area (Å²) in [5.74, 6) is 0.572. The Kier molecular flexibility index (Phi) is 3.92. The lowest BCUT2D eigenvalue weighted by atomic mass is 10.3. The van der Waals surface area contributed by atoms with Crippen LogP contribution in [-0.2, 0) is 5.88 Å². The van der Waals surface area contributed by atoms with Gasteiger partial charge in [-0.2, -0.15) is 0 Å². The lowest BCUT2D eigenvalue weighted by Crippen LogP contribution is -1.98. The Morgan fingerprint density at radius 1 is 1.40 bits per heavy atom. The van der Waals surface area contributed by atoms with Crippen molar-refractivity contribution in [2.45, 2.75) is 48.8 Å². The van der Waals surface area contributed by atoms with Crippen molar-refractivity contribution >= 4 is 23.4 Å². The Morgan fingerprint density at radius 2 is 2.13 bits per heavy atom. The topological polar surface area (TPSA) is 12.9 Å². The normalized spacial score (nSPS) is 17.2. The summed E-state index contributed by atoms with van der Waals surface area (Å²) in [7, 11) is 0. The van der Waals surface area contributed by atoms with Gasteiger partial charge in [0.2, 0.25) is 0 Å². The molecule has 0 radical (unpaired) electrons. The fourth-order valence-electron chi connectivity index (χ4n) is 1.93. The number of hydrogen-bond donors (Lipinski definition) is 0. The molecule has 0 aromatic carbocycles. The maximum absolute atomic E-state index is 5.92. The van der Waals surface area contributed by atoms with Crippen LogP contribution < -0.4 is 0 Å². The standard InChI is InChI=1S/C12H16ClNS/c1-9-6-7-10(8-13)12(14-9)15-11-4-2-3-5-11/h6-7,11H,2-5,8H2,1H3. The predicted molar refractivity (Wildman–Crippen MR) is 66.6 cm³/mol. The van der Waals surface area contributed by atoms with Gasteiger partial charge in [-0.05, 0) is 31.4 Å². The van der Waals surface area contributed by atoms with Crippen LogP contribution in [0.3, 0.4) is 0 Å². The molecule has 0 saturated heterocycles. The molecule has 0 spiro atoms. The number of halogens is 1. The third-order valence-electron chi connectivity index (χ3n) is 2.80.